The van der Waals surface area contributed by atoms with E-state index in [4.69, 9.17) is 0 Å². The van der Waals surface area contributed by atoms with Crippen molar-refractivity contribution in [3.05, 3.63) is 146 Å². The summed E-state index contributed by atoms with van der Waals surface area (Å²) in [6.45, 7) is 16.6. The van der Waals surface area contributed by atoms with E-state index >= 15 is 0 Å². The second kappa shape index (κ2) is 9.50. The molecule has 6 aromatic rings. The van der Waals surface area contributed by atoms with E-state index in [1.165, 1.54) is 43.4 Å². The van der Waals surface area contributed by atoms with Crippen molar-refractivity contribution < 1.29 is 0 Å². The zero-order valence-electron chi connectivity index (χ0n) is 21.4. The molecule has 0 heteroatoms. The van der Waals surface area contributed by atoms with Crippen LogP contribution in [-0.4, -0.2) is 0 Å². The van der Waals surface area contributed by atoms with E-state index in [9.17, 15) is 0 Å². The monoisotopic (exact) mass is 484 g/mol. The summed E-state index contributed by atoms with van der Waals surface area (Å²) in [7, 11) is 0. The van der Waals surface area contributed by atoms with Crippen LogP contribution in [0.1, 0.15) is 22.3 Å². The molecule has 0 aliphatic heterocycles. The maximum Gasteiger partial charge on any atom is -0.00923 e. The first-order chi connectivity index (χ1) is 18.7. The molecule has 0 N–H and O–H groups in total. The van der Waals surface area contributed by atoms with Crippen LogP contribution in [0.3, 0.4) is 0 Å². The molecule has 0 bridgehead atoms. The van der Waals surface area contributed by atoms with E-state index < -0.39 is 0 Å². The molecular weight excluding hydrogens is 456 g/mol. The quantitative estimate of drug-likeness (QED) is 0.206. The highest BCUT2D eigenvalue weighted by Gasteiger charge is 2.18. The molecule has 0 atom stereocenters. The number of hydrogen-bond donors (Lipinski definition) is 0. The summed E-state index contributed by atoms with van der Waals surface area (Å²) in [6.07, 6.45) is 7.71. The fraction of sp³-hybridized carbons (Fsp3) is 0. The van der Waals surface area contributed by atoms with Crippen LogP contribution in [0, 0.1) is 0 Å². The Bertz CT molecular complexity index is 1930. The highest BCUT2D eigenvalue weighted by atomic mass is 14.2. The SMILES string of the molecule is C=Cc1cccc(-c2cc3c(cc(-c4ccc5ccccc5c4)c4ccccc43)c(C=C)c2C=C)c1C=C. The molecule has 0 unspecified atom stereocenters. The Morgan fingerprint density at radius 3 is 1.82 bits per heavy atom. The Morgan fingerprint density at radius 2 is 1.08 bits per heavy atom. The van der Waals surface area contributed by atoms with Crippen LogP contribution >= 0.6 is 0 Å². The summed E-state index contributed by atoms with van der Waals surface area (Å²) in [4.78, 5) is 0. The van der Waals surface area contributed by atoms with Crippen molar-refractivity contribution in [2.45, 2.75) is 0 Å². The van der Waals surface area contributed by atoms with E-state index in [2.05, 4.69) is 123 Å². The molecule has 0 spiro atoms. The zero-order chi connectivity index (χ0) is 26.2. The number of rotatable bonds is 6. The van der Waals surface area contributed by atoms with E-state index in [-0.39, 0.29) is 0 Å². The van der Waals surface area contributed by atoms with Crippen LogP contribution in [0.2, 0.25) is 0 Å². The molecule has 38 heavy (non-hydrogen) atoms. The van der Waals surface area contributed by atoms with Crippen molar-refractivity contribution in [2.75, 3.05) is 0 Å². The van der Waals surface area contributed by atoms with Crippen LogP contribution in [0.15, 0.2) is 123 Å². The molecule has 0 nitrogen and oxygen atoms in total. The fourth-order valence-corrected chi connectivity index (χ4v) is 5.77. The predicted octanol–water partition coefficient (Wildman–Crippen LogP) is 11.1. The molecule has 0 fully saturated rings. The van der Waals surface area contributed by atoms with Crippen LogP contribution in [0.5, 0.6) is 0 Å². The molecule has 0 aliphatic rings. The van der Waals surface area contributed by atoms with Crippen molar-refractivity contribution in [3.63, 3.8) is 0 Å². The Labute approximate surface area is 224 Å². The normalized spacial score (nSPS) is 11.1. The summed E-state index contributed by atoms with van der Waals surface area (Å²) >= 11 is 0. The van der Waals surface area contributed by atoms with E-state index in [0.717, 1.165) is 33.4 Å². The molecule has 6 rings (SSSR count). The van der Waals surface area contributed by atoms with Crippen molar-refractivity contribution >= 4 is 56.6 Å². The largest absolute Gasteiger partial charge is 0.0984 e. The Balaban J connectivity index is 1.74. The van der Waals surface area contributed by atoms with Crippen molar-refractivity contribution in [1.29, 1.82) is 0 Å². The van der Waals surface area contributed by atoms with Gasteiger partial charge >= 0.3 is 0 Å². The van der Waals surface area contributed by atoms with Gasteiger partial charge in [0, 0.05) is 0 Å². The first kappa shape index (κ1) is 23.5. The lowest BCUT2D eigenvalue weighted by Gasteiger charge is -2.19. The van der Waals surface area contributed by atoms with E-state index in [0.29, 0.717) is 0 Å². The van der Waals surface area contributed by atoms with E-state index in [1.54, 1.807) is 0 Å². The molecule has 0 heterocycles. The van der Waals surface area contributed by atoms with Crippen molar-refractivity contribution in [3.8, 4) is 22.3 Å². The number of benzene rings is 6. The van der Waals surface area contributed by atoms with Gasteiger partial charge in [0.25, 0.3) is 0 Å². The summed E-state index contributed by atoms with van der Waals surface area (Å²) < 4.78 is 0. The third-order valence-electron chi connectivity index (χ3n) is 7.57. The lowest BCUT2D eigenvalue weighted by atomic mass is 9.84. The third kappa shape index (κ3) is 3.62. The maximum absolute atomic E-state index is 4.24. The van der Waals surface area contributed by atoms with Gasteiger partial charge in [0.05, 0.1) is 0 Å². The molecular formula is C38H28. The molecule has 0 aromatic heterocycles. The van der Waals surface area contributed by atoms with E-state index in [1.807, 2.05) is 24.3 Å². The number of fused-ring (bicyclic) bond motifs is 4. The first-order valence-corrected chi connectivity index (χ1v) is 12.8. The Hall–Kier alpha value is -4.94. The average Bonchev–Trinajstić information content (AvgIpc) is 2.98. The van der Waals surface area contributed by atoms with Gasteiger partial charge in [0.2, 0.25) is 0 Å². The number of hydrogen-bond acceptors (Lipinski definition) is 0. The summed E-state index contributed by atoms with van der Waals surface area (Å²) in [5.74, 6) is 0. The van der Waals surface area contributed by atoms with Crippen molar-refractivity contribution in [2.24, 2.45) is 0 Å². The molecule has 0 amide bonds. The maximum atomic E-state index is 4.24. The van der Waals surface area contributed by atoms with Gasteiger partial charge < -0.3 is 0 Å². The van der Waals surface area contributed by atoms with Crippen LogP contribution in [0.4, 0.5) is 0 Å². The lowest BCUT2D eigenvalue weighted by molar-refractivity contribution is 1.56. The molecule has 0 saturated carbocycles. The highest BCUT2D eigenvalue weighted by molar-refractivity contribution is 6.18. The molecule has 0 radical (unpaired) electrons. The second-order valence-electron chi connectivity index (χ2n) is 9.50. The highest BCUT2D eigenvalue weighted by Crippen LogP contribution is 2.43. The lowest BCUT2D eigenvalue weighted by Crippen LogP contribution is -1.95. The minimum Gasteiger partial charge on any atom is -0.0984 e. The van der Waals surface area contributed by atoms with Crippen LogP contribution in [0.25, 0.3) is 78.9 Å². The molecule has 180 valence electrons. The Morgan fingerprint density at radius 1 is 0.395 bits per heavy atom. The summed E-state index contributed by atoms with van der Waals surface area (Å²) in [5, 5.41) is 7.28. The third-order valence-corrected chi connectivity index (χ3v) is 7.57. The van der Waals surface area contributed by atoms with Gasteiger partial charge in [0.1, 0.15) is 0 Å². The van der Waals surface area contributed by atoms with Crippen LogP contribution < -0.4 is 0 Å². The minimum absolute atomic E-state index is 1.06. The van der Waals surface area contributed by atoms with Gasteiger partial charge in [-0.2, -0.15) is 0 Å². The fourth-order valence-electron chi connectivity index (χ4n) is 5.77. The predicted molar refractivity (Wildman–Crippen MR) is 170 cm³/mol. The first-order valence-electron chi connectivity index (χ1n) is 12.8. The minimum atomic E-state index is 1.06. The van der Waals surface area contributed by atoms with Gasteiger partial charge in [-0.1, -0.05) is 129 Å². The summed E-state index contributed by atoms with van der Waals surface area (Å²) in [5.41, 5.74) is 8.92. The average molecular weight is 485 g/mol. The topological polar surface area (TPSA) is 0 Å². The van der Waals surface area contributed by atoms with Gasteiger partial charge in [-0.05, 0) is 95.0 Å². The molecule has 0 aliphatic carbocycles. The van der Waals surface area contributed by atoms with Crippen LogP contribution in [-0.2, 0) is 0 Å². The van der Waals surface area contributed by atoms with Gasteiger partial charge in [-0.15, -0.1) is 0 Å². The second-order valence-corrected chi connectivity index (χ2v) is 9.50. The molecule has 0 saturated heterocycles. The smallest absolute Gasteiger partial charge is 0.00923 e. The van der Waals surface area contributed by atoms with Crippen molar-refractivity contribution in [1.82, 2.24) is 0 Å². The Kier molecular flexibility index (Phi) is 5.86. The van der Waals surface area contributed by atoms with Gasteiger partial charge in [-0.3, -0.25) is 0 Å². The molecule has 6 aromatic carbocycles. The van der Waals surface area contributed by atoms with Gasteiger partial charge in [-0.25, -0.2) is 0 Å². The van der Waals surface area contributed by atoms with Gasteiger partial charge in [0.15, 0.2) is 0 Å². The summed E-state index contributed by atoms with van der Waals surface area (Å²) in [6, 6.07) is 34.8. The zero-order valence-corrected chi connectivity index (χ0v) is 21.4. The standard InChI is InChI=1S/C38H28/c1-5-25-16-13-19-32(29(25)6-2)36-24-38-34-18-12-11-17-33(34)35(23-37(38)31(8-4)30(36)7-3)28-21-20-26-14-9-10-15-27(26)22-28/h5-24H,1-4H2.